The van der Waals surface area contributed by atoms with E-state index in [9.17, 15) is 4.79 Å². The van der Waals surface area contributed by atoms with Crippen molar-refractivity contribution in [2.45, 2.75) is 44.9 Å². The van der Waals surface area contributed by atoms with Gasteiger partial charge < -0.3 is 19.5 Å². The monoisotopic (exact) mass is 386 g/mol. The van der Waals surface area contributed by atoms with Crippen LogP contribution in [0.3, 0.4) is 0 Å². The van der Waals surface area contributed by atoms with Gasteiger partial charge in [0.25, 0.3) is 0 Å². The van der Waals surface area contributed by atoms with Crippen molar-refractivity contribution in [1.29, 1.82) is 0 Å². The van der Waals surface area contributed by atoms with Crippen LogP contribution in [0.5, 0.6) is 5.75 Å². The third-order valence-electron chi connectivity index (χ3n) is 5.05. The Morgan fingerprint density at radius 2 is 1.93 bits per heavy atom. The number of carbonyl (C=O) groups is 1. The van der Waals surface area contributed by atoms with Gasteiger partial charge in [-0.15, -0.1) is 0 Å². The Kier molecular flexibility index (Phi) is 7.84. The van der Waals surface area contributed by atoms with Gasteiger partial charge in [0.2, 0.25) is 17.6 Å². The maximum Gasteiger partial charge on any atom is 0.227 e. The second kappa shape index (κ2) is 10.8. The van der Waals surface area contributed by atoms with Gasteiger partial charge >= 0.3 is 0 Å². The van der Waals surface area contributed by atoms with Gasteiger partial charge in [0, 0.05) is 24.9 Å². The van der Waals surface area contributed by atoms with Gasteiger partial charge in [0.05, 0.1) is 7.11 Å². The second-order valence-electron chi connectivity index (χ2n) is 7.20. The molecule has 1 fully saturated rings. The lowest BCUT2D eigenvalue weighted by atomic mass is 10.2. The molecular weight excluding hydrogens is 356 g/mol. The first-order valence-corrected chi connectivity index (χ1v) is 10.2. The molecule has 0 bridgehead atoms. The third-order valence-corrected chi connectivity index (χ3v) is 5.05. The summed E-state index contributed by atoms with van der Waals surface area (Å²) in [4.78, 5) is 18.9. The lowest BCUT2D eigenvalue weighted by Gasteiger charge is -2.19. The van der Waals surface area contributed by atoms with Gasteiger partial charge in [0.15, 0.2) is 0 Å². The molecule has 1 saturated heterocycles. The fourth-order valence-electron chi connectivity index (χ4n) is 3.41. The number of carbonyl (C=O) groups excluding carboxylic acids is 1. The van der Waals surface area contributed by atoms with Crippen LogP contribution < -0.4 is 10.1 Å². The average molecular weight is 386 g/mol. The smallest absolute Gasteiger partial charge is 0.227 e. The van der Waals surface area contributed by atoms with Gasteiger partial charge in [-0.05, 0) is 63.2 Å². The molecule has 0 aliphatic carbocycles. The zero-order valence-corrected chi connectivity index (χ0v) is 16.7. The van der Waals surface area contributed by atoms with E-state index in [1.165, 1.54) is 38.8 Å². The number of amides is 1. The Morgan fingerprint density at radius 1 is 1.18 bits per heavy atom. The van der Waals surface area contributed by atoms with Crippen molar-refractivity contribution in [1.82, 2.24) is 20.4 Å². The highest BCUT2D eigenvalue weighted by molar-refractivity contribution is 5.75. The van der Waals surface area contributed by atoms with Gasteiger partial charge in [-0.1, -0.05) is 18.0 Å². The number of aromatic nitrogens is 2. The molecule has 1 aliphatic heterocycles. The molecule has 1 N–H and O–H groups in total. The van der Waals surface area contributed by atoms with Crippen molar-refractivity contribution in [2.75, 3.05) is 33.3 Å². The average Bonchev–Trinajstić information content (AvgIpc) is 3.05. The number of ether oxygens (including phenoxy) is 1. The first-order chi connectivity index (χ1) is 13.7. The van der Waals surface area contributed by atoms with Gasteiger partial charge in [-0.2, -0.15) is 4.98 Å². The van der Waals surface area contributed by atoms with E-state index in [0.29, 0.717) is 24.6 Å². The molecule has 0 radical (unpaired) electrons. The minimum absolute atomic E-state index is 0.0278. The van der Waals surface area contributed by atoms with Crippen molar-refractivity contribution < 1.29 is 14.1 Å². The summed E-state index contributed by atoms with van der Waals surface area (Å²) in [6.45, 7) is 4.18. The molecule has 1 aliphatic rings. The first-order valence-electron chi connectivity index (χ1n) is 10.2. The highest BCUT2D eigenvalue weighted by atomic mass is 16.5. The molecule has 152 valence electrons. The Hall–Kier alpha value is -2.41. The molecule has 0 spiro atoms. The maximum absolute atomic E-state index is 12.0. The molecule has 0 unspecified atom stereocenters. The van der Waals surface area contributed by atoms with Crippen LogP contribution in [0, 0.1) is 0 Å². The molecule has 1 aromatic heterocycles. The number of nitrogens with one attached hydrogen (secondary N) is 1. The normalized spacial score (nSPS) is 15.2. The minimum Gasteiger partial charge on any atom is -0.497 e. The van der Waals surface area contributed by atoms with Gasteiger partial charge in [-0.3, -0.25) is 4.79 Å². The number of methoxy groups -OCH3 is 1. The number of hydrogen-bond acceptors (Lipinski definition) is 6. The quantitative estimate of drug-likeness (QED) is 0.667. The van der Waals surface area contributed by atoms with Crippen molar-refractivity contribution in [3.05, 3.63) is 30.2 Å². The van der Waals surface area contributed by atoms with E-state index >= 15 is 0 Å². The standard InChI is InChI=1S/C21H30N4O3/c1-27-18-9-7-17(8-10-18)21-23-20(28-24-21)12-11-19(26)22-13-6-16-25-14-4-2-3-5-15-25/h7-10H,2-6,11-16H2,1H3,(H,22,26). The first kappa shape index (κ1) is 20.3. The molecule has 28 heavy (non-hydrogen) atoms. The van der Waals surface area contributed by atoms with E-state index in [4.69, 9.17) is 9.26 Å². The van der Waals surface area contributed by atoms with Crippen LogP contribution in [0.4, 0.5) is 0 Å². The Bertz CT molecular complexity index is 722. The number of nitrogens with zero attached hydrogens (tertiary/aromatic N) is 3. The number of likely N-dealkylation sites (tertiary alicyclic amines) is 1. The molecule has 0 saturated carbocycles. The number of aryl methyl sites for hydroxylation is 1. The maximum atomic E-state index is 12.0. The molecule has 7 nitrogen and oxygen atoms in total. The van der Waals surface area contributed by atoms with Crippen molar-refractivity contribution in [3.63, 3.8) is 0 Å². The molecule has 7 heteroatoms. The molecule has 3 rings (SSSR count). The van der Waals surface area contributed by atoms with E-state index in [1.54, 1.807) is 7.11 Å². The summed E-state index contributed by atoms with van der Waals surface area (Å²) in [6.07, 6.45) is 7.10. The van der Waals surface area contributed by atoms with Gasteiger partial charge in [-0.25, -0.2) is 0 Å². The zero-order valence-electron chi connectivity index (χ0n) is 16.7. The summed E-state index contributed by atoms with van der Waals surface area (Å²) in [6, 6.07) is 7.46. The molecular formula is C21H30N4O3. The van der Waals surface area contributed by atoms with E-state index in [1.807, 2.05) is 24.3 Å². The topological polar surface area (TPSA) is 80.5 Å². The zero-order chi connectivity index (χ0) is 19.6. The highest BCUT2D eigenvalue weighted by Crippen LogP contribution is 2.20. The minimum atomic E-state index is 0.0278. The van der Waals surface area contributed by atoms with Crippen LogP contribution in [0.15, 0.2) is 28.8 Å². The van der Waals surface area contributed by atoms with Crippen LogP contribution in [0.1, 0.15) is 44.4 Å². The summed E-state index contributed by atoms with van der Waals surface area (Å²) < 4.78 is 10.4. The van der Waals surface area contributed by atoms with Crippen molar-refractivity contribution in [3.8, 4) is 17.1 Å². The van der Waals surface area contributed by atoms with E-state index < -0.39 is 0 Å². The van der Waals surface area contributed by atoms with E-state index in [-0.39, 0.29) is 5.91 Å². The van der Waals surface area contributed by atoms with Crippen LogP contribution in [-0.4, -0.2) is 54.2 Å². The molecule has 1 aromatic carbocycles. The fraction of sp³-hybridized carbons (Fsp3) is 0.571. The summed E-state index contributed by atoms with van der Waals surface area (Å²) in [5.74, 6) is 1.81. The molecule has 0 atom stereocenters. The molecule has 2 aromatic rings. The van der Waals surface area contributed by atoms with Gasteiger partial charge in [0.1, 0.15) is 5.75 Å². The lowest BCUT2D eigenvalue weighted by Crippen LogP contribution is -2.30. The van der Waals surface area contributed by atoms with Crippen molar-refractivity contribution in [2.24, 2.45) is 0 Å². The summed E-state index contributed by atoms with van der Waals surface area (Å²) in [5, 5.41) is 6.98. The summed E-state index contributed by atoms with van der Waals surface area (Å²) >= 11 is 0. The number of benzene rings is 1. The predicted octanol–water partition coefficient (Wildman–Crippen LogP) is 3.06. The highest BCUT2D eigenvalue weighted by Gasteiger charge is 2.11. The SMILES string of the molecule is COc1ccc(-c2noc(CCC(=O)NCCCN3CCCCCC3)n2)cc1. The largest absolute Gasteiger partial charge is 0.497 e. The predicted molar refractivity (Wildman–Crippen MR) is 107 cm³/mol. The number of rotatable bonds is 9. The fourth-order valence-corrected chi connectivity index (χ4v) is 3.41. The van der Waals surface area contributed by atoms with Crippen molar-refractivity contribution >= 4 is 5.91 Å². The van der Waals surface area contributed by atoms with Crippen LogP contribution in [-0.2, 0) is 11.2 Å². The Labute approximate surface area is 166 Å². The lowest BCUT2D eigenvalue weighted by molar-refractivity contribution is -0.121. The van der Waals surface area contributed by atoms with E-state index in [2.05, 4.69) is 20.4 Å². The second-order valence-corrected chi connectivity index (χ2v) is 7.20. The van der Waals surface area contributed by atoms with Crippen LogP contribution in [0.25, 0.3) is 11.4 Å². The molecule has 1 amide bonds. The number of hydrogen-bond donors (Lipinski definition) is 1. The Balaban J connectivity index is 1.34. The third kappa shape index (κ3) is 6.34. The van der Waals surface area contributed by atoms with Crippen LogP contribution >= 0.6 is 0 Å². The Morgan fingerprint density at radius 3 is 2.64 bits per heavy atom. The van der Waals surface area contributed by atoms with Crippen LogP contribution in [0.2, 0.25) is 0 Å². The molecule has 2 heterocycles. The van der Waals surface area contributed by atoms with E-state index in [0.717, 1.165) is 30.8 Å². The summed E-state index contributed by atoms with van der Waals surface area (Å²) in [7, 11) is 1.63. The summed E-state index contributed by atoms with van der Waals surface area (Å²) in [5.41, 5.74) is 0.855.